The Hall–Kier alpha value is -5.67. The highest BCUT2D eigenvalue weighted by Gasteiger charge is 2.20. The molecule has 6 heterocycles. The molecule has 53 heavy (non-hydrogen) atoms. The van der Waals surface area contributed by atoms with Crippen LogP contribution in [0.5, 0.6) is 0 Å². The number of pyridine rings is 1. The zero-order valence-electron chi connectivity index (χ0n) is 31.2. The summed E-state index contributed by atoms with van der Waals surface area (Å²) in [6.45, 7) is 13.5. The van der Waals surface area contributed by atoms with E-state index in [1.54, 1.807) is 33.9 Å². The number of fused-ring (bicyclic) bond motifs is 2. The van der Waals surface area contributed by atoms with E-state index in [0.29, 0.717) is 62.0 Å². The van der Waals surface area contributed by atoms with Gasteiger partial charge in [-0.05, 0) is 57.5 Å². The van der Waals surface area contributed by atoms with Crippen LogP contribution in [-0.2, 0) is 51.6 Å². The Labute approximate surface area is 306 Å². The summed E-state index contributed by atoms with van der Waals surface area (Å²) in [6.07, 6.45) is 7.64. The Morgan fingerprint density at radius 1 is 0.792 bits per heavy atom. The topological polar surface area (TPSA) is 140 Å². The molecule has 15 heteroatoms. The minimum atomic E-state index is -0.362. The molecular weight excluding hydrogens is 672 g/mol. The summed E-state index contributed by atoms with van der Waals surface area (Å²) in [7, 11) is 3.84. The van der Waals surface area contributed by atoms with Crippen molar-refractivity contribution in [3.63, 3.8) is 0 Å². The van der Waals surface area contributed by atoms with Crippen molar-refractivity contribution in [2.75, 3.05) is 26.3 Å². The van der Waals surface area contributed by atoms with Crippen LogP contribution in [-0.4, -0.2) is 85.8 Å². The van der Waals surface area contributed by atoms with Crippen LogP contribution >= 0.6 is 0 Å². The van der Waals surface area contributed by atoms with E-state index in [4.69, 9.17) is 9.73 Å². The van der Waals surface area contributed by atoms with Crippen LogP contribution in [0.2, 0.25) is 0 Å². The molecule has 1 aliphatic rings. The molecule has 0 radical (unpaired) electrons. The standard InChI is InChI=1S/C38H46N12O3/c1-7-49-31(22-26(3)42-49)35(51)40-37-45(6)33-24-39-15-14-29(33)47(37)16-9-10-17-48-34-28(25-46-18-20-53-21-19-46)12-11-13-30(34)44(5)38(48)41-36(52)32-23-27(4)43-50(32)8-2/h9-15,22-24H,7-8,16-21,25H2,1-6H3/b10-9+,40-37+,41-38+. The summed E-state index contributed by atoms with van der Waals surface area (Å²) in [5, 5.41) is 8.92. The van der Waals surface area contributed by atoms with E-state index in [-0.39, 0.29) is 11.8 Å². The van der Waals surface area contributed by atoms with Crippen molar-refractivity contribution >= 4 is 33.9 Å². The zero-order valence-corrected chi connectivity index (χ0v) is 31.2. The van der Waals surface area contributed by atoms with E-state index in [2.05, 4.69) is 60.0 Å². The lowest BCUT2D eigenvalue weighted by molar-refractivity contribution is 0.0343. The molecule has 2 amide bonds. The summed E-state index contributed by atoms with van der Waals surface area (Å²) in [5.41, 5.74) is 8.37. The van der Waals surface area contributed by atoms with Crippen LogP contribution in [0.1, 0.15) is 51.8 Å². The van der Waals surface area contributed by atoms with Gasteiger partial charge in [-0.3, -0.25) is 28.8 Å². The van der Waals surface area contributed by atoms with Gasteiger partial charge in [0.25, 0.3) is 11.8 Å². The normalized spacial score (nSPS) is 14.8. The Balaban J connectivity index is 1.29. The summed E-state index contributed by atoms with van der Waals surface area (Å²) < 4.78 is 17.0. The number of rotatable bonds is 10. The van der Waals surface area contributed by atoms with Crippen molar-refractivity contribution in [2.24, 2.45) is 24.1 Å². The van der Waals surface area contributed by atoms with Gasteiger partial charge in [0.1, 0.15) is 11.4 Å². The Morgan fingerprint density at radius 2 is 1.38 bits per heavy atom. The number of allylic oxidation sites excluding steroid dienone is 2. The molecule has 0 saturated carbocycles. The van der Waals surface area contributed by atoms with Gasteiger partial charge in [0.2, 0.25) is 11.2 Å². The Morgan fingerprint density at radius 3 is 2.00 bits per heavy atom. The third-order valence-electron chi connectivity index (χ3n) is 9.73. The molecule has 1 aliphatic heterocycles. The van der Waals surface area contributed by atoms with Gasteiger partial charge < -0.3 is 23.0 Å². The molecule has 6 aromatic rings. The average Bonchev–Trinajstić information content (AvgIpc) is 3.89. The second-order valence-corrected chi connectivity index (χ2v) is 13.3. The number of amides is 2. The van der Waals surface area contributed by atoms with Crippen molar-refractivity contribution < 1.29 is 14.3 Å². The molecule has 7 rings (SSSR count). The molecule has 0 spiro atoms. The first-order valence-electron chi connectivity index (χ1n) is 18.1. The maximum absolute atomic E-state index is 13.8. The number of ether oxygens (including phenoxy) is 1. The van der Waals surface area contributed by atoms with E-state index < -0.39 is 0 Å². The van der Waals surface area contributed by atoms with Crippen LogP contribution < -0.4 is 11.2 Å². The summed E-state index contributed by atoms with van der Waals surface area (Å²) in [6, 6.07) is 11.8. The van der Waals surface area contributed by atoms with Gasteiger partial charge in [-0.2, -0.15) is 20.2 Å². The van der Waals surface area contributed by atoms with Crippen LogP contribution in [0.3, 0.4) is 0 Å². The molecular formula is C38H46N12O3. The molecule has 5 aromatic heterocycles. The number of para-hydroxylation sites is 1. The van der Waals surface area contributed by atoms with Crippen molar-refractivity contribution in [1.82, 2.24) is 47.7 Å². The number of carbonyl (C=O) groups excluding carboxylic acids is 2. The first-order chi connectivity index (χ1) is 25.7. The quantitative estimate of drug-likeness (QED) is 0.198. The molecule has 0 aliphatic carbocycles. The fourth-order valence-corrected chi connectivity index (χ4v) is 7.14. The number of hydrogen-bond acceptors (Lipinski definition) is 7. The fraction of sp³-hybridized carbons (Fsp3) is 0.395. The van der Waals surface area contributed by atoms with E-state index in [0.717, 1.165) is 58.7 Å². The number of hydrogen-bond donors (Lipinski definition) is 0. The number of imidazole rings is 2. The fourth-order valence-electron chi connectivity index (χ4n) is 7.14. The SMILES string of the molecule is CCn1nc(C)cc1C(=O)/N=c1\n(C)c2cnccc2n1C/C=C/Cn1/c(=N/C(=O)c2cc(C)nn2CC)n(C)c2cccc(CN3CCOCC3)c21. The Kier molecular flexibility index (Phi) is 10.2. The number of aryl methyl sites for hydroxylation is 6. The van der Waals surface area contributed by atoms with Gasteiger partial charge in [0, 0.05) is 66.1 Å². The maximum Gasteiger partial charge on any atom is 0.298 e. The lowest BCUT2D eigenvalue weighted by Gasteiger charge is -2.27. The summed E-state index contributed by atoms with van der Waals surface area (Å²) >= 11 is 0. The zero-order chi connectivity index (χ0) is 37.2. The van der Waals surface area contributed by atoms with Crippen LogP contribution in [0.15, 0.2) is 70.9 Å². The van der Waals surface area contributed by atoms with Crippen molar-refractivity contribution in [3.8, 4) is 0 Å². The summed E-state index contributed by atoms with van der Waals surface area (Å²) in [4.78, 5) is 43.3. The van der Waals surface area contributed by atoms with Gasteiger partial charge in [0.15, 0.2) is 0 Å². The lowest BCUT2D eigenvalue weighted by atomic mass is 10.1. The molecule has 1 fully saturated rings. The van der Waals surface area contributed by atoms with Gasteiger partial charge in [-0.15, -0.1) is 0 Å². The molecule has 0 unspecified atom stereocenters. The highest BCUT2D eigenvalue weighted by atomic mass is 16.5. The number of benzene rings is 1. The molecule has 15 nitrogen and oxygen atoms in total. The first-order valence-corrected chi connectivity index (χ1v) is 18.1. The second-order valence-electron chi connectivity index (χ2n) is 13.3. The molecule has 0 atom stereocenters. The van der Waals surface area contributed by atoms with Crippen molar-refractivity contribution in [1.29, 1.82) is 0 Å². The minimum absolute atomic E-state index is 0.346. The second kappa shape index (κ2) is 15.1. The van der Waals surface area contributed by atoms with Crippen LogP contribution in [0.4, 0.5) is 0 Å². The minimum Gasteiger partial charge on any atom is -0.379 e. The van der Waals surface area contributed by atoms with Crippen LogP contribution in [0.25, 0.3) is 22.1 Å². The van der Waals surface area contributed by atoms with Gasteiger partial charge >= 0.3 is 0 Å². The maximum atomic E-state index is 13.8. The highest BCUT2D eigenvalue weighted by Crippen LogP contribution is 2.21. The van der Waals surface area contributed by atoms with Crippen molar-refractivity contribution in [3.05, 3.63) is 101 Å². The largest absolute Gasteiger partial charge is 0.379 e. The third-order valence-corrected chi connectivity index (χ3v) is 9.73. The molecule has 0 N–H and O–H groups in total. The lowest BCUT2D eigenvalue weighted by Crippen LogP contribution is -2.35. The smallest absolute Gasteiger partial charge is 0.298 e. The molecule has 1 aromatic carbocycles. The number of carbonyl (C=O) groups is 2. The monoisotopic (exact) mass is 718 g/mol. The first kappa shape index (κ1) is 35.7. The van der Waals surface area contributed by atoms with Gasteiger partial charge in [0.05, 0.1) is 52.9 Å². The predicted octanol–water partition coefficient (Wildman–Crippen LogP) is 3.29. The van der Waals surface area contributed by atoms with Gasteiger partial charge in [-0.25, -0.2) is 0 Å². The number of morpholine rings is 1. The molecule has 0 bridgehead atoms. The summed E-state index contributed by atoms with van der Waals surface area (Å²) in [5.74, 6) is -0.708. The van der Waals surface area contributed by atoms with E-state index >= 15 is 0 Å². The third kappa shape index (κ3) is 6.97. The van der Waals surface area contributed by atoms with Crippen LogP contribution in [0, 0.1) is 13.8 Å². The predicted molar refractivity (Wildman–Crippen MR) is 200 cm³/mol. The number of aromatic nitrogens is 9. The van der Waals surface area contributed by atoms with Crippen molar-refractivity contribution in [2.45, 2.75) is 60.4 Å². The molecule has 276 valence electrons. The van der Waals surface area contributed by atoms with Gasteiger partial charge in [-0.1, -0.05) is 24.3 Å². The molecule has 1 saturated heterocycles. The van der Waals surface area contributed by atoms with E-state index in [9.17, 15) is 9.59 Å². The van der Waals surface area contributed by atoms with E-state index in [1.807, 2.05) is 61.6 Å². The number of nitrogens with zero attached hydrogens (tertiary/aromatic N) is 12. The Bertz CT molecular complexity index is 2490. The highest BCUT2D eigenvalue weighted by molar-refractivity contribution is 5.94. The average molecular weight is 719 g/mol. The van der Waals surface area contributed by atoms with E-state index in [1.165, 1.54) is 0 Å².